The van der Waals surface area contributed by atoms with Crippen LogP contribution >= 0.6 is 0 Å². The molecule has 0 fully saturated rings. The Morgan fingerprint density at radius 3 is 2.50 bits per heavy atom. The molecule has 0 saturated heterocycles. The van der Waals surface area contributed by atoms with E-state index in [1.54, 1.807) is 0 Å². The number of hydrogen-bond donors (Lipinski definition) is 0. The van der Waals surface area contributed by atoms with Crippen molar-refractivity contribution in [1.29, 1.82) is 0 Å². The number of nitrogens with zero attached hydrogens (tertiary/aromatic N) is 2. The highest BCUT2D eigenvalue weighted by atomic mass is 15.0. The summed E-state index contributed by atoms with van der Waals surface area (Å²) >= 11 is 0. The zero-order chi connectivity index (χ0) is 17.3. The first-order valence-corrected chi connectivity index (χ1v) is 8.92. The second-order valence-electron chi connectivity index (χ2n) is 6.99. The fourth-order valence-corrected chi connectivity index (χ4v) is 4.24. The molecule has 26 heavy (non-hydrogen) atoms. The average molecular weight is 332 g/mol. The standard InChI is InChI=1S/C24H16N2/c1-15-10-13-21-19(14-15)23-17-7-3-2-6-16(17)11-12-18(23)24-25-20-8-4-5-9-22(20)26(21)24/h2-14H,1H3. The number of para-hydroxylation sites is 2. The average Bonchev–Trinajstić information content (AvgIpc) is 3.07. The molecule has 2 nitrogen and oxygen atoms in total. The summed E-state index contributed by atoms with van der Waals surface area (Å²) < 4.78 is 2.31. The quantitative estimate of drug-likeness (QED) is 0.300. The lowest BCUT2D eigenvalue weighted by Gasteiger charge is -2.12. The van der Waals surface area contributed by atoms with E-state index in [4.69, 9.17) is 4.98 Å². The minimum absolute atomic E-state index is 1.03. The van der Waals surface area contributed by atoms with E-state index in [0.717, 1.165) is 16.7 Å². The normalized spacial score (nSPS) is 12.0. The number of hydrogen-bond acceptors (Lipinski definition) is 1. The van der Waals surface area contributed by atoms with Crippen LogP contribution in [-0.4, -0.2) is 9.38 Å². The molecule has 4 aromatic carbocycles. The topological polar surface area (TPSA) is 17.3 Å². The highest BCUT2D eigenvalue weighted by molar-refractivity contribution is 6.23. The largest absolute Gasteiger partial charge is 0.292 e. The van der Waals surface area contributed by atoms with Crippen LogP contribution in [0.1, 0.15) is 5.56 Å². The first-order valence-electron chi connectivity index (χ1n) is 8.92. The number of imidazole rings is 1. The number of fused-ring (bicyclic) bond motifs is 10. The Morgan fingerprint density at radius 2 is 1.54 bits per heavy atom. The van der Waals surface area contributed by atoms with Crippen molar-refractivity contribution in [3.05, 3.63) is 84.4 Å². The summed E-state index contributed by atoms with van der Waals surface area (Å²) in [6.45, 7) is 2.16. The van der Waals surface area contributed by atoms with Crippen molar-refractivity contribution in [3.63, 3.8) is 0 Å². The van der Waals surface area contributed by atoms with Gasteiger partial charge in [-0.05, 0) is 48.0 Å². The molecule has 0 N–H and O–H groups in total. The molecule has 0 aliphatic heterocycles. The number of aromatic nitrogens is 2. The van der Waals surface area contributed by atoms with Crippen LogP contribution in [0.5, 0.6) is 0 Å². The van der Waals surface area contributed by atoms with Crippen molar-refractivity contribution >= 4 is 49.1 Å². The van der Waals surface area contributed by atoms with Crippen LogP contribution in [0, 0.1) is 6.92 Å². The van der Waals surface area contributed by atoms with E-state index in [-0.39, 0.29) is 0 Å². The molecular weight excluding hydrogens is 316 g/mol. The molecule has 0 atom stereocenters. The number of benzene rings is 4. The van der Waals surface area contributed by atoms with Crippen LogP contribution in [-0.2, 0) is 0 Å². The molecule has 122 valence electrons. The maximum Gasteiger partial charge on any atom is 0.146 e. The van der Waals surface area contributed by atoms with Crippen molar-refractivity contribution in [1.82, 2.24) is 9.38 Å². The van der Waals surface area contributed by atoms with Gasteiger partial charge in [-0.15, -0.1) is 0 Å². The van der Waals surface area contributed by atoms with Crippen LogP contribution in [0.15, 0.2) is 78.9 Å². The van der Waals surface area contributed by atoms with Gasteiger partial charge in [0.1, 0.15) is 5.65 Å². The minimum atomic E-state index is 1.03. The van der Waals surface area contributed by atoms with Crippen molar-refractivity contribution in [2.45, 2.75) is 6.92 Å². The number of rotatable bonds is 0. The third kappa shape index (κ3) is 1.68. The van der Waals surface area contributed by atoms with Crippen LogP contribution in [0.4, 0.5) is 0 Å². The molecular formula is C24H16N2. The van der Waals surface area contributed by atoms with Gasteiger partial charge in [-0.1, -0.05) is 54.1 Å². The van der Waals surface area contributed by atoms with Crippen molar-refractivity contribution < 1.29 is 0 Å². The summed E-state index contributed by atoms with van der Waals surface area (Å²) in [6, 6.07) is 28.2. The Hall–Kier alpha value is -3.39. The molecule has 0 aliphatic rings. The van der Waals surface area contributed by atoms with E-state index in [1.165, 1.54) is 38.0 Å². The molecule has 2 heterocycles. The van der Waals surface area contributed by atoms with Crippen LogP contribution in [0.3, 0.4) is 0 Å². The van der Waals surface area contributed by atoms with E-state index >= 15 is 0 Å². The van der Waals surface area contributed by atoms with Crippen LogP contribution in [0.2, 0.25) is 0 Å². The SMILES string of the molecule is Cc1ccc2c(c1)c1c3ccccc3ccc1c1nc3ccccc3n21. The third-order valence-electron chi connectivity index (χ3n) is 5.39. The minimum Gasteiger partial charge on any atom is -0.292 e. The zero-order valence-electron chi connectivity index (χ0n) is 14.4. The number of pyridine rings is 1. The maximum atomic E-state index is 4.99. The maximum absolute atomic E-state index is 4.99. The summed E-state index contributed by atoms with van der Waals surface area (Å²) in [5, 5.41) is 6.34. The number of aryl methyl sites for hydroxylation is 1. The second kappa shape index (κ2) is 4.83. The van der Waals surface area contributed by atoms with Crippen molar-refractivity contribution in [2.24, 2.45) is 0 Å². The van der Waals surface area contributed by atoms with Gasteiger partial charge >= 0.3 is 0 Å². The summed E-state index contributed by atoms with van der Waals surface area (Å²) in [5.74, 6) is 0. The smallest absolute Gasteiger partial charge is 0.146 e. The molecule has 0 radical (unpaired) electrons. The first-order chi connectivity index (χ1) is 12.8. The molecule has 2 heteroatoms. The van der Waals surface area contributed by atoms with E-state index in [2.05, 4.69) is 90.2 Å². The van der Waals surface area contributed by atoms with Crippen LogP contribution in [0.25, 0.3) is 49.1 Å². The Bertz CT molecular complexity index is 1490. The van der Waals surface area contributed by atoms with Gasteiger partial charge in [0, 0.05) is 16.2 Å². The Labute approximate surface area is 150 Å². The van der Waals surface area contributed by atoms with Gasteiger partial charge in [0.25, 0.3) is 0 Å². The lowest BCUT2D eigenvalue weighted by atomic mass is 9.98. The molecule has 2 aromatic heterocycles. The molecule has 0 spiro atoms. The first kappa shape index (κ1) is 13.9. The Morgan fingerprint density at radius 1 is 0.692 bits per heavy atom. The fraction of sp³-hybridized carbons (Fsp3) is 0.0417. The second-order valence-corrected chi connectivity index (χ2v) is 6.99. The van der Waals surface area contributed by atoms with Crippen LogP contribution < -0.4 is 0 Å². The lowest BCUT2D eigenvalue weighted by molar-refractivity contribution is 1.31. The lowest BCUT2D eigenvalue weighted by Crippen LogP contribution is -1.92. The highest BCUT2D eigenvalue weighted by Gasteiger charge is 2.15. The predicted molar refractivity (Wildman–Crippen MR) is 110 cm³/mol. The van der Waals surface area contributed by atoms with E-state index in [0.29, 0.717) is 0 Å². The molecule has 0 saturated carbocycles. The molecule has 6 aromatic rings. The summed E-state index contributed by atoms with van der Waals surface area (Å²) in [5.41, 5.74) is 5.71. The van der Waals surface area contributed by atoms with Crippen molar-refractivity contribution in [2.75, 3.05) is 0 Å². The molecule has 0 amide bonds. The fourth-order valence-electron chi connectivity index (χ4n) is 4.24. The van der Waals surface area contributed by atoms with Gasteiger partial charge < -0.3 is 0 Å². The summed E-state index contributed by atoms with van der Waals surface area (Å²) in [7, 11) is 0. The summed E-state index contributed by atoms with van der Waals surface area (Å²) in [6.07, 6.45) is 0. The molecule has 0 bridgehead atoms. The van der Waals surface area contributed by atoms with Gasteiger partial charge in [-0.3, -0.25) is 4.40 Å². The van der Waals surface area contributed by atoms with E-state index in [1.807, 2.05) is 0 Å². The molecule has 0 aliphatic carbocycles. The van der Waals surface area contributed by atoms with Gasteiger partial charge in [-0.25, -0.2) is 4.98 Å². The van der Waals surface area contributed by atoms with Gasteiger partial charge in [-0.2, -0.15) is 0 Å². The van der Waals surface area contributed by atoms with Gasteiger partial charge in [0.2, 0.25) is 0 Å². The molecule has 6 rings (SSSR count). The van der Waals surface area contributed by atoms with E-state index in [9.17, 15) is 0 Å². The van der Waals surface area contributed by atoms with Gasteiger partial charge in [0.15, 0.2) is 0 Å². The Kier molecular flexibility index (Phi) is 2.57. The third-order valence-corrected chi connectivity index (χ3v) is 5.39. The Balaban J connectivity index is 2.05. The monoisotopic (exact) mass is 332 g/mol. The predicted octanol–water partition coefficient (Wildman–Crippen LogP) is 6.26. The molecule has 0 unspecified atom stereocenters. The van der Waals surface area contributed by atoms with Gasteiger partial charge in [0.05, 0.1) is 16.6 Å². The zero-order valence-corrected chi connectivity index (χ0v) is 14.4. The van der Waals surface area contributed by atoms with E-state index < -0.39 is 0 Å². The summed E-state index contributed by atoms with van der Waals surface area (Å²) in [4.78, 5) is 4.99. The highest BCUT2D eigenvalue weighted by Crippen LogP contribution is 2.36. The van der Waals surface area contributed by atoms with Crippen molar-refractivity contribution in [3.8, 4) is 0 Å².